The first-order valence-corrected chi connectivity index (χ1v) is 6.23. The summed E-state index contributed by atoms with van der Waals surface area (Å²) in [6.07, 6.45) is 1.48. The summed E-state index contributed by atoms with van der Waals surface area (Å²) in [6, 6.07) is 10.7. The number of anilines is 1. The fraction of sp³-hybridized carbons (Fsp3) is 0.0714. The average molecular weight is 287 g/mol. The van der Waals surface area contributed by atoms with Crippen LogP contribution < -0.4 is 5.32 Å². The lowest BCUT2D eigenvalue weighted by Crippen LogP contribution is -2.03. The van der Waals surface area contributed by atoms with Crippen molar-refractivity contribution in [3.8, 4) is 5.69 Å². The van der Waals surface area contributed by atoms with E-state index in [1.54, 1.807) is 0 Å². The predicted octanol–water partition coefficient (Wildman–Crippen LogP) is 2.55. The van der Waals surface area contributed by atoms with E-state index in [-0.39, 0.29) is 12.1 Å². The van der Waals surface area contributed by atoms with Crippen LogP contribution in [0, 0.1) is 11.6 Å². The Morgan fingerprint density at radius 1 is 1.10 bits per heavy atom. The Kier molecular flexibility index (Phi) is 3.55. The van der Waals surface area contributed by atoms with Gasteiger partial charge in [-0.1, -0.05) is 6.07 Å². The van der Waals surface area contributed by atoms with Crippen molar-refractivity contribution < 1.29 is 8.78 Å². The number of tetrazole rings is 1. The van der Waals surface area contributed by atoms with Crippen molar-refractivity contribution in [2.45, 2.75) is 6.54 Å². The summed E-state index contributed by atoms with van der Waals surface area (Å²) in [5.41, 5.74) is 1.79. The van der Waals surface area contributed by atoms with Crippen LogP contribution in [0.1, 0.15) is 5.56 Å². The molecule has 0 aliphatic heterocycles. The minimum absolute atomic E-state index is 0.183. The maximum Gasteiger partial charge on any atom is 0.143 e. The van der Waals surface area contributed by atoms with Crippen LogP contribution in [-0.2, 0) is 6.54 Å². The summed E-state index contributed by atoms with van der Waals surface area (Å²) >= 11 is 0. The van der Waals surface area contributed by atoms with Crippen LogP contribution >= 0.6 is 0 Å². The van der Waals surface area contributed by atoms with Gasteiger partial charge in [0, 0.05) is 17.8 Å². The van der Waals surface area contributed by atoms with E-state index in [2.05, 4.69) is 20.8 Å². The van der Waals surface area contributed by atoms with E-state index in [1.807, 2.05) is 24.3 Å². The minimum Gasteiger partial charge on any atom is -0.381 e. The zero-order chi connectivity index (χ0) is 14.7. The molecule has 1 aromatic heterocycles. The van der Waals surface area contributed by atoms with E-state index >= 15 is 0 Å². The molecule has 0 fully saturated rings. The predicted molar refractivity (Wildman–Crippen MR) is 72.8 cm³/mol. The van der Waals surface area contributed by atoms with Gasteiger partial charge in [-0.15, -0.1) is 5.10 Å². The molecule has 1 N–H and O–H groups in total. The van der Waals surface area contributed by atoms with Crippen LogP contribution in [-0.4, -0.2) is 20.2 Å². The number of benzene rings is 2. The molecule has 0 radical (unpaired) electrons. The number of hydrogen-bond acceptors (Lipinski definition) is 4. The highest BCUT2D eigenvalue weighted by Crippen LogP contribution is 2.16. The minimum atomic E-state index is -0.462. The fourth-order valence-corrected chi connectivity index (χ4v) is 1.91. The van der Waals surface area contributed by atoms with Crippen LogP contribution in [0.3, 0.4) is 0 Å². The van der Waals surface area contributed by atoms with Gasteiger partial charge in [0.15, 0.2) is 0 Å². The van der Waals surface area contributed by atoms with Crippen molar-refractivity contribution in [1.82, 2.24) is 20.2 Å². The molecule has 0 unspecified atom stereocenters. The molecule has 0 aliphatic carbocycles. The van der Waals surface area contributed by atoms with Gasteiger partial charge in [0.2, 0.25) is 0 Å². The van der Waals surface area contributed by atoms with Crippen molar-refractivity contribution >= 4 is 5.69 Å². The third-order valence-corrected chi connectivity index (χ3v) is 2.95. The molecule has 0 amide bonds. The van der Waals surface area contributed by atoms with Crippen molar-refractivity contribution in [3.63, 3.8) is 0 Å². The quantitative estimate of drug-likeness (QED) is 0.801. The highest BCUT2D eigenvalue weighted by Gasteiger charge is 2.04. The molecule has 5 nitrogen and oxygen atoms in total. The zero-order valence-corrected chi connectivity index (χ0v) is 10.9. The Bertz CT molecular complexity index is 743. The molecule has 3 rings (SSSR count). The first-order valence-electron chi connectivity index (χ1n) is 6.23. The number of rotatable bonds is 4. The van der Waals surface area contributed by atoms with E-state index in [0.29, 0.717) is 0 Å². The number of hydrogen-bond donors (Lipinski definition) is 1. The molecule has 1 heterocycles. The van der Waals surface area contributed by atoms with Gasteiger partial charge in [0.25, 0.3) is 0 Å². The first-order chi connectivity index (χ1) is 10.2. The molecular formula is C14H11F2N5. The molecule has 106 valence electrons. The topological polar surface area (TPSA) is 55.6 Å². The average Bonchev–Trinajstić information content (AvgIpc) is 3.03. The van der Waals surface area contributed by atoms with Crippen LogP contribution in [0.2, 0.25) is 0 Å². The molecular weight excluding hydrogens is 276 g/mol. The Balaban J connectivity index is 1.76. The molecule has 0 atom stereocenters. The smallest absolute Gasteiger partial charge is 0.143 e. The molecule has 0 saturated carbocycles. The van der Waals surface area contributed by atoms with Gasteiger partial charge in [-0.05, 0) is 46.8 Å². The number of halogens is 2. The summed E-state index contributed by atoms with van der Waals surface area (Å²) in [6.45, 7) is 0.183. The van der Waals surface area contributed by atoms with Crippen LogP contribution in [0.5, 0.6) is 0 Å². The molecule has 0 aliphatic rings. The molecule has 0 saturated heterocycles. The van der Waals surface area contributed by atoms with Gasteiger partial charge in [0.1, 0.15) is 18.0 Å². The van der Waals surface area contributed by atoms with Gasteiger partial charge in [-0.25, -0.2) is 13.5 Å². The van der Waals surface area contributed by atoms with Crippen LogP contribution in [0.25, 0.3) is 5.69 Å². The van der Waals surface area contributed by atoms with E-state index in [1.165, 1.54) is 17.1 Å². The maximum atomic E-state index is 13.5. The second-order valence-corrected chi connectivity index (χ2v) is 4.39. The second-order valence-electron chi connectivity index (χ2n) is 4.39. The number of aromatic nitrogens is 4. The van der Waals surface area contributed by atoms with Gasteiger partial charge in [0.05, 0.1) is 5.69 Å². The molecule has 21 heavy (non-hydrogen) atoms. The first kappa shape index (κ1) is 13.2. The SMILES string of the molecule is Fc1ccc(F)c(CNc2cccc(-n3cnnn3)c2)c1. The van der Waals surface area contributed by atoms with Gasteiger partial charge < -0.3 is 5.32 Å². The molecule has 2 aromatic carbocycles. The van der Waals surface area contributed by atoms with Crippen LogP contribution in [0.15, 0.2) is 48.8 Å². The highest BCUT2D eigenvalue weighted by molar-refractivity contribution is 5.51. The van der Waals surface area contributed by atoms with Gasteiger partial charge in [-0.3, -0.25) is 0 Å². The van der Waals surface area contributed by atoms with E-state index in [4.69, 9.17) is 0 Å². The van der Waals surface area contributed by atoms with Crippen molar-refractivity contribution in [3.05, 3.63) is 66.0 Å². The highest BCUT2D eigenvalue weighted by atomic mass is 19.1. The number of nitrogens with one attached hydrogen (secondary N) is 1. The largest absolute Gasteiger partial charge is 0.381 e. The van der Waals surface area contributed by atoms with E-state index in [9.17, 15) is 8.78 Å². The van der Waals surface area contributed by atoms with E-state index < -0.39 is 11.6 Å². The Hall–Kier alpha value is -2.83. The maximum absolute atomic E-state index is 13.5. The molecule has 3 aromatic rings. The standard InChI is InChI=1S/C14H11F2N5/c15-11-4-5-14(16)10(6-11)8-17-12-2-1-3-13(7-12)21-9-18-19-20-21/h1-7,9,17H,8H2. The third kappa shape index (κ3) is 3.02. The van der Waals surface area contributed by atoms with Crippen molar-refractivity contribution in [1.29, 1.82) is 0 Å². The van der Waals surface area contributed by atoms with Gasteiger partial charge >= 0.3 is 0 Å². The van der Waals surface area contributed by atoms with Crippen molar-refractivity contribution in [2.75, 3.05) is 5.32 Å². The monoisotopic (exact) mass is 287 g/mol. The molecule has 7 heteroatoms. The molecule has 0 bridgehead atoms. The lowest BCUT2D eigenvalue weighted by atomic mass is 10.2. The normalized spacial score (nSPS) is 10.6. The van der Waals surface area contributed by atoms with E-state index in [0.717, 1.165) is 23.5 Å². The Labute approximate surface area is 119 Å². The fourth-order valence-electron chi connectivity index (χ4n) is 1.91. The summed E-state index contributed by atoms with van der Waals surface area (Å²) < 4.78 is 28.1. The van der Waals surface area contributed by atoms with Crippen LogP contribution in [0.4, 0.5) is 14.5 Å². The summed E-state index contributed by atoms with van der Waals surface area (Å²) in [5.74, 6) is -0.906. The summed E-state index contributed by atoms with van der Waals surface area (Å²) in [5, 5.41) is 14.0. The third-order valence-electron chi connectivity index (χ3n) is 2.95. The second kappa shape index (κ2) is 5.66. The zero-order valence-electron chi connectivity index (χ0n) is 10.9. The van der Waals surface area contributed by atoms with Gasteiger partial charge in [-0.2, -0.15) is 0 Å². The summed E-state index contributed by atoms with van der Waals surface area (Å²) in [4.78, 5) is 0. The van der Waals surface area contributed by atoms with Crippen molar-refractivity contribution in [2.24, 2.45) is 0 Å². The lowest BCUT2D eigenvalue weighted by molar-refractivity contribution is 0.587. The number of nitrogens with zero attached hydrogens (tertiary/aromatic N) is 4. The lowest BCUT2D eigenvalue weighted by Gasteiger charge is -2.09. The summed E-state index contributed by atoms with van der Waals surface area (Å²) in [7, 11) is 0. The molecule has 0 spiro atoms. The Morgan fingerprint density at radius 2 is 2.00 bits per heavy atom. The Morgan fingerprint density at radius 3 is 2.81 bits per heavy atom.